The third-order valence-corrected chi connectivity index (χ3v) is 7.28. The smallest absolute Gasteiger partial charge is 0.335 e. The summed E-state index contributed by atoms with van der Waals surface area (Å²) in [6.45, 7) is 4.60. The third kappa shape index (κ3) is 7.05. The summed E-state index contributed by atoms with van der Waals surface area (Å²) in [6.07, 6.45) is 1.35. The Balaban J connectivity index is 1.34. The van der Waals surface area contributed by atoms with Crippen LogP contribution < -0.4 is 24.4 Å². The molecule has 10 heteroatoms. The van der Waals surface area contributed by atoms with E-state index in [0.717, 1.165) is 27.2 Å². The van der Waals surface area contributed by atoms with Crippen molar-refractivity contribution >= 4 is 52.8 Å². The maximum atomic E-state index is 13.4. The van der Waals surface area contributed by atoms with E-state index < -0.39 is 17.8 Å². The lowest BCUT2D eigenvalue weighted by molar-refractivity contribution is -0.122. The Morgan fingerprint density at radius 2 is 1.45 bits per heavy atom. The van der Waals surface area contributed by atoms with Gasteiger partial charge in [-0.05, 0) is 85.1 Å². The van der Waals surface area contributed by atoms with Crippen LogP contribution in [0.3, 0.4) is 0 Å². The van der Waals surface area contributed by atoms with Crippen LogP contribution in [0.15, 0.2) is 84.4 Å². The van der Waals surface area contributed by atoms with Crippen LogP contribution in [-0.4, -0.2) is 25.0 Å². The Morgan fingerprint density at radius 3 is 2.11 bits per heavy atom. The number of halogens is 2. The van der Waals surface area contributed by atoms with Gasteiger partial charge in [0.1, 0.15) is 24.5 Å². The summed E-state index contributed by atoms with van der Waals surface area (Å²) in [4.78, 5) is 39.8. The van der Waals surface area contributed by atoms with Crippen LogP contribution >= 0.6 is 23.2 Å². The minimum atomic E-state index is -0.863. The molecule has 0 saturated carbocycles. The van der Waals surface area contributed by atoms with E-state index in [4.69, 9.17) is 37.4 Å². The van der Waals surface area contributed by atoms with Crippen LogP contribution in [0.1, 0.15) is 27.8 Å². The first kappa shape index (κ1) is 30.7. The molecule has 5 rings (SSSR count). The van der Waals surface area contributed by atoms with Crippen molar-refractivity contribution in [2.45, 2.75) is 27.1 Å². The van der Waals surface area contributed by atoms with Crippen LogP contribution in [0.2, 0.25) is 10.0 Å². The summed E-state index contributed by atoms with van der Waals surface area (Å²) >= 11 is 12.5. The monoisotopic (exact) mass is 630 g/mol. The van der Waals surface area contributed by atoms with E-state index in [1.54, 1.807) is 48.5 Å². The number of methoxy groups -OCH3 is 1. The minimum Gasteiger partial charge on any atom is -0.493 e. The van der Waals surface area contributed by atoms with Gasteiger partial charge in [-0.25, -0.2) is 9.69 Å². The maximum Gasteiger partial charge on any atom is 0.335 e. The fourth-order valence-electron chi connectivity index (χ4n) is 4.77. The summed E-state index contributed by atoms with van der Waals surface area (Å²) < 4.78 is 17.3. The number of hydrogen-bond donors (Lipinski definition) is 1. The first-order chi connectivity index (χ1) is 21.1. The lowest BCUT2D eigenvalue weighted by Crippen LogP contribution is -2.54. The summed E-state index contributed by atoms with van der Waals surface area (Å²) in [6, 6.07) is 22.1. The molecule has 4 amide bonds. The molecular weight excluding hydrogens is 603 g/mol. The number of barbiturate groups is 1. The number of hydrogen-bond acceptors (Lipinski definition) is 6. The number of amides is 4. The van der Waals surface area contributed by atoms with Gasteiger partial charge in [0.15, 0.2) is 11.5 Å². The molecule has 0 atom stereocenters. The van der Waals surface area contributed by atoms with Crippen LogP contribution in [0.4, 0.5) is 10.5 Å². The highest BCUT2D eigenvalue weighted by molar-refractivity contribution is 6.39. The van der Waals surface area contributed by atoms with Crippen molar-refractivity contribution in [3.8, 4) is 17.2 Å². The van der Waals surface area contributed by atoms with E-state index in [-0.39, 0.29) is 22.9 Å². The predicted octanol–water partition coefficient (Wildman–Crippen LogP) is 7.44. The number of urea groups is 1. The van der Waals surface area contributed by atoms with Crippen molar-refractivity contribution in [3.05, 3.63) is 122 Å². The zero-order chi connectivity index (χ0) is 31.4. The molecule has 1 heterocycles. The highest BCUT2D eigenvalue weighted by Crippen LogP contribution is 2.38. The molecule has 1 aliphatic rings. The number of rotatable bonds is 9. The van der Waals surface area contributed by atoms with E-state index >= 15 is 0 Å². The fraction of sp³-hybridized carbons (Fsp3) is 0.147. The molecule has 0 aliphatic carbocycles. The van der Waals surface area contributed by atoms with Crippen molar-refractivity contribution in [3.63, 3.8) is 0 Å². The van der Waals surface area contributed by atoms with Gasteiger partial charge in [-0.15, -0.1) is 0 Å². The van der Waals surface area contributed by atoms with Crippen molar-refractivity contribution in [2.75, 3.05) is 12.0 Å². The second-order valence-corrected chi connectivity index (χ2v) is 11.0. The maximum absolute atomic E-state index is 13.4. The third-order valence-electron chi connectivity index (χ3n) is 6.74. The van der Waals surface area contributed by atoms with Crippen molar-refractivity contribution in [2.24, 2.45) is 0 Å². The molecule has 0 unspecified atom stereocenters. The Morgan fingerprint density at radius 1 is 0.795 bits per heavy atom. The number of ether oxygens (including phenoxy) is 3. The topological polar surface area (TPSA) is 94.2 Å². The largest absolute Gasteiger partial charge is 0.493 e. The zero-order valence-electron chi connectivity index (χ0n) is 24.1. The van der Waals surface area contributed by atoms with Crippen LogP contribution in [-0.2, 0) is 22.8 Å². The Bertz CT molecular complexity index is 1750. The average molecular weight is 632 g/mol. The number of nitrogens with zero attached hydrogens (tertiary/aromatic N) is 1. The van der Waals surface area contributed by atoms with Crippen molar-refractivity contribution in [1.29, 1.82) is 0 Å². The molecule has 44 heavy (non-hydrogen) atoms. The van der Waals surface area contributed by atoms with Crippen molar-refractivity contribution < 1.29 is 28.6 Å². The summed E-state index contributed by atoms with van der Waals surface area (Å²) in [7, 11) is 1.47. The molecule has 1 fully saturated rings. The lowest BCUT2D eigenvalue weighted by Gasteiger charge is -2.26. The molecule has 1 saturated heterocycles. The van der Waals surface area contributed by atoms with Gasteiger partial charge < -0.3 is 14.2 Å². The van der Waals surface area contributed by atoms with Gasteiger partial charge in [-0.3, -0.25) is 14.9 Å². The van der Waals surface area contributed by atoms with Gasteiger partial charge in [0.25, 0.3) is 11.8 Å². The van der Waals surface area contributed by atoms with Crippen LogP contribution in [0.5, 0.6) is 17.2 Å². The number of benzene rings is 4. The van der Waals surface area contributed by atoms with E-state index in [1.807, 2.05) is 38.1 Å². The van der Waals surface area contributed by atoms with Crippen LogP contribution in [0.25, 0.3) is 6.08 Å². The number of nitrogens with one attached hydrogen (secondary N) is 1. The average Bonchev–Trinajstić information content (AvgIpc) is 2.98. The van der Waals surface area contributed by atoms with E-state index in [2.05, 4.69) is 11.4 Å². The highest BCUT2D eigenvalue weighted by atomic mass is 35.5. The Labute approximate surface area is 264 Å². The van der Waals surface area contributed by atoms with Crippen molar-refractivity contribution in [1.82, 2.24) is 5.32 Å². The number of carbonyl (C=O) groups excluding carboxylic acids is 3. The molecule has 0 bridgehead atoms. The van der Waals surface area contributed by atoms with Gasteiger partial charge in [0, 0.05) is 5.02 Å². The number of aryl methyl sites for hydroxylation is 2. The van der Waals surface area contributed by atoms with E-state index in [0.29, 0.717) is 34.4 Å². The SMILES string of the molecule is COc1cc(/C=C2\C(=O)NC(=O)N(c3ccc(OCc4ccc(Cl)cc4)cc3)C2=O)cc(Cl)c1OCc1cc(C)cc(C)c1. The predicted molar refractivity (Wildman–Crippen MR) is 169 cm³/mol. The molecule has 4 aromatic rings. The molecule has 0 spiro atoms. The Hall–Kier alpha value is -4.79. The normalized spacial score (nSPS) is 14.1. The number of anilines is 1. The van der Waals surface area contributed by atoms with Gasteiger partial charge >= 0.3 is 6.03 Å². The van der Waals surface area contributed by atoms with Gasteiger partial charge in [0.05, 0.1) is 17.8 Å². The molecule has 0 radical (unpaired) electrons. The zero-order valence-corrected chi connectivity index (χ0v) is 25.7. The van der Waals surface area contributed by atoms with Crippen LogP contribution in [0, 0.1) is 13.8 Å². The number of carbonyl (C=O) groups is 3. The van der Waals surface area contributed by atoms with E-state index in [1.165, 1.54) is 13.2 Å². The molecular formula is C34H28Cl2N2O6. The standard InChI is InChI=1S/C34H28Cl2N2O6/c1-20-12-21(2)14-24(13-20)19-44-31-29(36)16-23(17-30(31)42-3)15-28-32(39)37-34(41)38(33(28)40)26-8-10-27(11-9-26)43-18-22-4-6-25(35)7-5-22/h4-17H,18-19H2,1-3H3,(H,37,39,41)/b28-15+. The second-order valence-electron chi connectivity index (χ2n) is 10.2. The second kappa shape index (κ2) is 13.2. The fourth-order valence-corrected chi connectivity index (χ4v) is 5.17. The molecule has 0 aromatic heterocycles. The summed E-state index contributed by atoms with van der Waals surface area (Å²) in [5.41, 5.74) is 4.54. The summed E-state index contributed by atoms with van der Waals surface area (Å²) in [5, 5.41) is 3.08. The van der Waals surface area contributed by atoms with Gasteiger partial charge in [0.2, 0.25) is 0 Å². The minimum absolute atomic E-state index is 0.228. The van der Waals surface area contributed by atoms with Gasteiger partial charge in [-0.1, -0.05) is 64.7 Å². The molecule has 224 valence electrons. The molecule has 1 aliphatic heterocycles. The highest BCUT2D eigenvalue weighted by Gasteiger charge is 2.37. The van der Waals surface area contributed by atoms with Gasteiger partial charge in [-0.2, -0.15) is 0 Å². The number of imide groups is 2. The first-order valence-electron chi connectivity index (χ1n) is 13.6. The summed E-state index contributed by atoms with van der Waals surface area (Å²) in [5.74, 6) is -0.449. The lowest BCUT2D eigenvalue weighted by atomic mass is 10.1. The molecule has 8 nitrogen and oxygen atoms in total. The Kier molecular flexibility index (Phi) is 9.23. The quantitative estimate of drug-likeness (QED) is 0.152. The molecule has 1 N–H and O–H groups in total. The van der Waals surface area contributed by atoms with E-state index in [9.17, 15) is 14.4 Å². The molecule has 4 aromatic carbocycles. The first-order valence-corrected chi connectivity index (χ1v) is 14.3.